The van der Waals surface area contributed by atoms with Crippen LogP contribution in [0.5, 0.6) is 0 Å². The second-order valence-corrected chi connectivity index (χ2v) is 8.96. The minimum atomic E-state index is -3.30. The van der Waals surface area contributed by atoms with Gasteiger partial charge in [-0.3, -0.25) is 4.79 Å². The van der Waals surface area contributed by atoms with Crippen molar-refractivity contribution in [3.05, 3.63) is 35.9 Å². The lowest BCUT2D eigenvalue weighted by molar-refractivity contribution is -0.106. The number of benzene rings is 1. The third-order valence-corrected chi connectivity index (χ3v) is 7.00. The van der Waals surface area contributed by atoms with Crippen LogP contribution in [-0.4, -0.2) is 31.3 Å². The molecule has 3 nitrogen and oxygen atoms in total. The predicted octanol–water partition coefficient (Wildman–Crippen LogP) is 3.86. The van der Waals surface area contributed by atoms with Crippen molar-refractivity contribution in [2.24, 2.45) is 5.92 Å². The van der Waals surface area contributed by atoms with E-state index in [1.54, 1.807) is 0 Å². The molecule has 0 saturated heterocycles. The van der Waals surface area contributed by atoms with E-state index in [0.29, 0.717) is 18.4 Å². The minimum Gasteiger partial charge on any atom is -0.276 e. The molecule has 24 heavy (non-hydrogen) atoms. The molecule has 0 aromatic heterocycles. The summed E-state index contributed by atoms with van der Waals surface area (Å²) in [5.41, 5.74) is 0.598. The van der Waals surface area contributed by atoms with Gasteiger partial charge in [-0.05, 0) is 60.9 Å². The Morgan fingerprint density at radius 2 is 1.62 bits per heavy atom. The molecule has 3 atom stereocenters. The smallest absolute Gasteiger partial charge is 0.252 e. The maximum atomic E-state index is 13.3. The Morgan fingerprint density at radius 1 is 1.08 bits per heavy atom. The van der Waals surface area contributed by atoms with Crippen LogP contribution in [0.2, 0.25) is 0 Å². The fraction of sp³-hybridized carbons (Fsp3) is 0.471. The van der Waals surface area contributed by atoms with Crippen molar-refractivity contribution >= 4 is 32.3 Å². The molecule has 130 valence electrons. The summed E-state index contributed by atoms with van der Waals surface area (Å²) in [5, 5.41) is -1.04. The molecule has 2 fully saturated rings. The van der Waals surface area contributed by atoms with Gasteiger partial charge in [0.05, 0.1) is 10.1 Å². The van der Waals surface area contributed by atoms with Gasteiger partial charge in [-0.15, -0.1) is 0 Å². The largest absolute Gasteiger partial charge is 0.276 e. The van der Waals surface area contributed by atoms with Crippen molar-refractivity contribution in [2.75, 3.05) is 0 Å². The summed E-state index contributed by atoms with van der Waals surface area (Å²) in [6.07, 6.45) is -0.178. The third kappa shape index (κ3) is 3.54. The first-order valence-electron chi connectivity index (χ1n) is 7.83. The standard InChI is InChI=1S/C17H17ClF2O3S/c18-17(21)14(7-10-8-15(19)16(20)9-10)11-1-3-12(4-2-11)24(22,23)13-5-6-13/h1-4,7,10,13,15-16H,5-6,8-9H2/b14-7+/t10?,15-,16+. The molecule has 0 radical (unpaired) electrons. The molecule has 3 rings (SSSR count). The lowest BCUT2D eigenvalue weighted by Crippen LogP contribution is -2.07. The van der Waals surface area contributed by atoms with E-state index in [2.05, 4.69) is 0 Å². The van der Waals surface area contributed by atoms with Gasteiger partial charge in [0.1, 0.15) is 12.3 Å². The SMILES string of the molecule is O=C(Cl)/C(=C/C1C[C@@H](F)[C@@H](F)C1)c1ccc(S(=O)(=O)C2CC2)cc1. The van der Waals surface area contributed by atoms with E-state index in [1.165, 1.54) is 30.3 Å². The summed E-state index contributed by atoms with van der Waals surface area (Å²) >= 11 is 5.61. The van der Waals surface area contributed by atoms with E-state index in [1.807, 2.05) is 0 Å². The highest BCUT2D eigenvalue weighted by atomic mass is 35.5. The van der Waals surface area contributed by atoms with Crippen LogP contribution in [0.1, 0.15) is 31.2 Å². The van der Waals surface area contributed by atoms with Gasteiger partial charge < -0.3 is 0 Å². The lowest BCUT2D eigenvalue weighted by Gasteiger charge is -2.09. The maximum absolute atomic E-state index is 13.3. The van der Waals surface area contributed by atoms with Crippen LogP contribution >= 0.6 is 11.6 Å². The molecule has 0 N–H and O–H groups in total. The zero-order chi connectivity index (χ0) is 17.5. The predicted molar refractivity (Wildman–Crippen MR) is 88.0 cm³/mol. The van der Waals surface area contributed by atoms with Gasteiger partial charge in [0.25, 0.3) is 5.24 Å². The fourth-order valence-electron chi connectivity index (χ4n) is 3.01. The van der Waals surface area contributed by atoms with Crippen molar-refractivity contribution in [1.29, 1.82) is 0 Å². The van der Waals surface area contributed by atoms with Gasteiger partial charge in [0.2, 0.25) is 0 Å². The van der Waals surface area contributed by atoms with E-state index in [-0.39, 0.29) is 28.6 Å². The van der Waals surface area contributed by atoms with E-state index in [4.69, 9.17) is 11.6 Å². The van der Waals surface area contributed by atoms with Crippen molar-refractivity contribution in [3.8, 4) is 0 Å². The average molecular weight is 375 g/mol. The first-order valence-corrected chi connectivity index (χ1v) is 9.75. The van der Waals surface area contributed by atoms with Crippen LogP contribution in [0.15, 0.2) is 35.2 Å². The fourth-order valence-corrected chi connectivity index (χ4v) is 4.84. The van der Waals surface area contributed by atoms with Crippen molar-refractivity contribution < 1.29 is 22.0 Å². The molecular formula is C17H17ClF2O3S. The van der Waals surface area contributed by atoms with Crippen LogP contribution in [-0.2, 0) is 14.6 Å². The summed E-state index contributed by atoms with van der Waals surface area (Å²) in [5.74, 6) is -0.400. The first-order chi connectivity index (χ1) is 11.3. The lowest BCUT2D eigenvalue weighted by atomic mass is 9.99. The van der Waals surface area contributed by atoms with Crippen LogP contribution in [0.3, 0.4) is 0 Å². The number of carbonyl (C=O) groups excluding carboxylic acids is 1. The number of hydrogen-bond acceptors (Lipinski definition) is 3. The molecule has 0 amide bonds. The Morgan fingerprint density at radius 3 is 2.08 bits per heavy atom. The molecule has 2 aliphatic rings. The zero-order valence-electron chi connectivity index (χ0n) is 12.8. The zero-order valence-corrected chi connectivity index (χ0v) is 14.4. The van der Waals surface area contributed by atoms with Crippen molar-refractivity contribution in [1.82, 2.24) is 0 Å². The van der Waals surface area contributed by atoms with Crippen molar-refractivity contribution in [3.63, 3.8) is 0 Å². The van der Waals surface area contributed by atoms with Crippen LogP contribution in [0, 0.1) is 5.92 Å². The molecule has 2 saturated carbocycles. The molecular weight excluding hydrogens is 358 g/mol. The third-order valence-electron chi connectivity index (χ3n) is 4.52. The monoisotopic (exact) mass is 374 g/mol. The molecule has 0 bridgehead atoms. The molecule has 0 spiro atoms. The maximum Gasteiger partial charge on any atom is 0.252 e. The number of carbonyl (C=O) groups is 1. The topological polar surface area (TPSA) is 51.2 Å². The molecule has 1 aromatic rings. The van der Waals surface area contributed by atoms with Crippen molar-refractivity contribution in [2.45, 2.75) is 48.2 Å². The summed E-state index contributed by atoms with van der Waals surface area (Å²) < 4.78 is 50.9. The van der Waals surface area contributed by atoms with E-state index in [9.17, 15) is 22.0 Å². The van der Waals surface area contributed by atoms with Crippen LogP contribution in [0.25, 0.3) is 5.57 Å². The number of alkyl halides is 2. The number of allylic oxidation sites excluding steroid dienone is 2. The number of hydrogen-bond donors (Lipinski definition) is 0. The molecule has 0 aliphatic heterocycles. The Kier molecular flexibility index (Phi) is 4.80. The molecule has 0 heterocycles. The summed E-state index contributed by atoms with van der Waals surface area (Å²) in [6.45, 7) is 0. The average Bonchev–Trinajstić information content (AvgIpc) is 3.33. The van der Waals surface area contributed by atoms with Gasteiger partial charge in [0.15, 0.2) is 9.84 Å². The Balaban J connectivity index is 1.86. The highest BCUT2D eigenvalue weighted by Crippen LogP contribution is 2.36. The quantitative estimate of drug-likeness (QED) is 0.581. The van der Waals surface area contributed by atoms with Gasteiger partial charge >= 0.3 is 0 Å². The molecule has 1 aromatic carbocycles. The second-order valence-electron chi connectivity index (χ2n) is 6.39. The normalized spacial score (nSPS) is 28.1. The second kappa shape index (κ2) is 6.56. The Bertz CT molecular complexity index is 760. The van der Waals surface area contributed by atoms with Gasteiger partial charge in [-0.1, -0.05) is 18.2 Å². The van der Waals surface area contributed by atoms with E-state index in [0.717, 1.165) is 0 Å². The number of rotatable bonds is 5. The Labute approximate surface area is 144 Å². The number of sulfone groups is 1. The van der Waals surface area contributed by atoms with Crippen LogP contribution < -0.4 is 0 Å². The minimum absolute atomic E-state index is 0.0168. The highest BCUT2D eigenvalue weighted by Gasteiger charge is 2.37. The Hall–Kier alpha value is -1.27. The summed E-state index contributed by atoms with van der Waals surface area (Å²) in [7, 11) is -3.30. The van der Waals surface area contributed by atoms with Gasteiger partial charge in [-0.25, -0.2) is 17.2 Å². The van der Waals surface area contributed by atoms with E-state index < -0.39 is 33.3 Å². The van der Waals surface area contributed by atoms with E-state index >= 15 is 0 Å². The number of halogens is 3. The van der Waals surface area contributed by atoms with Gasteiger partial charge in [-0.2, -0.15) is 0 Å². The molecule has 2 aliphatic carbocycles. The van der Waals surface area contributed by atoms with Crippen LogP contribution in [0.4, 0.5) is 8.78 Å². The summed E-state index contributed by atoms with van der Waals surface area (Å²) in [4.78, 5) is 11.9. The molecule has 7 heteroatoms. The first kappa shape index (κ1) is 17.5. The summed E-state index contributed by atoms with van der Waals surface area (Å²) in [6, 6.07) is 5.91. The highest BCUT2D eigenvalue weighted by molar-refractivity contribution is 7.92. The molecule has 1 unspecified atom stereocenters. The van der Waals surface area contributed by atoms with Gasteiger partial charge in [0, 0.05) is 5.57 Å².